The van der Waals surface area contributed by atoms with Crippen LogP contribution in [0.5, 0.6) is 5.75 Å². The number of aryl methyl sites for hydroxylation is 1. The van der Waals surface area contributed by atoms with E-state index in [2.05, 4.69) is 11.4 Å². The van der Waals surface area contributed by atoms with Crippen LogP contribution in [0.25, 0.3) is 0 Å². The van der Waals surface area contributed by atoms with Gasteiger partial charge in [-0.2, -0.15) is 11.8 Å². The van der Waals surface area contributed by atoms with E-state index in [-0.39, 0.29) is 5.91 Å². The summed E-state index contributed by atoms with van der Waals surface area (Å²) in [7, 11) is 0. The molecule has 0 saturated heterocycles. The third-order valence-electron chi connectivity index (χ3n) is 4.88. The highest BCUT2D eigenvalue weighted by Gasteiger charge is 2.19. The summed E-state index contributed by atoms with van der Waals surface area (Å²) in [6, 6.07) is 11.7. The Morgan fingerprint density at radius 1 is 1.14 bits per heavy atom. The van der Waals surface area contributed by atoms with Crippen molar-refractivity contribution in [1.82, 2.24) is 5.32 Å². The highest BCUT2D eigenvalue weighted by Crippen LogP contribution is 2.30. The van der Waals surface area contributed by atoms with Gasteiger partial charge in [0.2, 0.25) is 0 Å². The molecule has 1 aliphatic carbocycles. The lowest BCUT2D eigenvalue weighted by Gasteiger charge is -2.22. The van der Waals surface area contributed by atoms with Gasteiger partial charge in [0.15, 0.2) is 6.10 Å². The van der Waals surface area contributed by atoms with E-state index in [1.807, 2.05) is 30.3 Å². The highest BCUT2D eigenvalue weighted by atomic mass is 35.5. The van der Waals surface area contributed by atoms with Gasteiger partial charge in [-0.05, 0) is 67.5 Å². The fourth-order valence-electron chi connectivity index (χ4n) is 3.34. The van der Waals surface area contributed by atoms with Crippen LogP contribution in [-0.2, 0) is 23.4 Å². The number of amides is 1. The van der Waals surface area contributed by atoms with E-state index < -0.39 is 6.10 Å². The normalized spacial score (nSPS) is 14.2. The second-order valence-electron chi connectivity index (χ2n) is 6.90. The third-order valence-corrected chi connectivity index (χ3v) is 6.57. The monoisotopic (exact) mass is 437 g/mol. The molecule has 2 aromatic carbocycles. The summed E-state index contributed by atoms with van der Waals surface area (Å²) < 4.78 is 5.98. The quantitative estimate of drug-likeness (QED) is 0.538. The van der Waals surface area contributed by atoms with Crippen molar-refractivity contribution < 1.29 is 9.53 Å². The number of fused-ring (bicyclic) bond motifs is 1. The zero-order valence-electron chi connectivity index (χ0n) is 16.0. The van der Waals surface area contributed by atoms with Crippen LogP contribution in [0.4, 0.5) is 0 Å². The molecule has 2 aromatic rings. The molecule has 0 aromatic heterocycles. The Hall–Kier alpha value is -1.36. The molecule has 0 heterocycles. The topological polar surface area (TPSA) is 38.3 Å². The summed E-state index contributed by atoms with van der Waals surface area (Å²) in [6.45, 7) is 2.38. The van der Waals surface area contributed by atoms with Crippen LogP contribution in [0, 0.1) is 0 Å². The number of carbonyl (C=O) groups excluding carboxylic acids is 1. The van der Waals surface area contributed by atoms with Gasteiger partial charge in [0, 0.05) is 28.1 Å². The van der Waals surface area contributed by atoms with E-state index in [4.69, 9.17) is 27.9 Å². The number of hydrogen-bond acceptors (Lipinski definition) is 3. The van der Waals surface area contributed by atoms with Crippen molar-refractivity contribution in [2.75, 3.05) is 12.3 Å². The van der Waals surface area contributed by atoms with Crippen LogP contribution in [0.3, 0.4) is 0 Å². The first kappa shape index (κ1) is 21.4. The van der Waals surface area contributed by atoms with Crippen LogP contribution in [0.15, 0.2) is 36.4 Å². The molecule has 0 saturated carbocycles. The lowest BCUT2D eigenvalue weighted by atomic mass is 9.91. The molecule has 28 heavy (non-hydrogen) atoms. The first-order valence-electron chi connectivity index (χ1n) is 9.62. The summed E-state index contributed by atoms with van der Waals surface area (Å²) >= 11 is 14.0. The lowest BCUT2D eigenvalue weighted by molar-refractivity contribution is -0.127. The van der Waals surface area contributed by atoms with Crippen LogP contribution in [-0.4, -0.2) is 24.3 Å². The van der Waals surface area contributed by atoms with E-state index in [1.165, 1.54) is 24.0 Å². The van der Waals surface area contributed by atoms with Gasteiger partial charge < -0.3 is 10.1 Å². The van der Waals surface area contributed by atoms with Gasteiger partial charge in [0.05, 0.1) is 0 Å². The predicted molar refractivity (Wildman–Crippen MR) is 119 cm³/mol. The lowest BCUT2D eigenvalue weighted by Crippen LogP contribution is -2.37. The molecule has 150 valence electrons. The number of rotatable bonds is 8. The van der Waals surface area contributed by atoms with E-state index in [1.54, 1.807) is 18.7 Å². The Morgan fingerprint density at radius 3 is 2.64 bits per heavy atom. The SMILES string of the molecule is C[C@H](Oc1cccc2c1CCCC2)C(=O)NCCSCc1c(Cl)cccc1Cl. The molecule has 1 N–H and O–H groups in total. The molecule has 6 heteroatoms. The Bertz CT molecular complexity index is 808. The van der Waals surface area contributed by atoms with Gasteiger partial charge in [0.1, 0.15) is 5.75 Å². The summed E-state index contributed by atoms with van der Waals surface area (Å²) in [5.74, 6) is 2.25. The smallest absolute Gasteiger partial charge is 0.260 e. The predicted octanol–water partition coefficient (Wildman–Crippen LogP) is 5.69. The first-order chi connectivity index (χ1) is 13.6. The minimum absolute atomic E-state index is 0.0928. The van der Waals surface area contributed by atoms with Crippen molar-refractivity contribution in [2.45, 2.75) is 44.5 Å². The number of ether oxygens (including phenoxy) is 1. The Labute approximate surface area is 181 Å². The molecular weight excluding hydrogens is 413 g/mol. The first-order valence-corrected chi connectivity index (χ1v) is 11.5. The van der Waals surface area contributed by atoms with E-state index in [0.29, 0.717) is 16.6 Å². The van der Waals surface area contributed by atoms with E-state index in [0.717, 1.165) is 35.7 Å². The fourth-order valence-corrected chi connectivity index (χ4v) is 4.93. The van der Waals surface area contributed by atoms with Crippen molar-refractivity contribution in [3.63, 3.8) is 0 Å². The van der Waals surface area contributed by atoms with Gasteiger partial charge in [-0.3, -0.25) is 4.79 Å². The number of nitrogens with one attached hydrogen (secondary N) is 1. The molecular formula is C22H25Cl2NO2S. The van der Waals surface area contributed by atoms with Crippen molar-refractivity contribution in [3.8, 4) is 5.75 Å². The summed E-state index contributed by atoms with van der Waals surface area (Å²) in [4.78, 5) is 12.4. The minimum Gasteiger partial charge on any atom is -0.481 e. The van der Waals surface area contributed by atoms with Crippen molar-refractivity contribution in [2.24, 2.45) is 0 Å². The Morgan fingerprint density at radius 2 is 1.86 bits per heavy atom. The fraction of sp³-hybridized carbons (Fsp3) is 0.409. The Balaban J connectivity index is 1.43. The van der Waals surface area contributed by atoms with Gasteiger partial charge in [0.25, 0.3) is 5.91 Å². The number of halogens is 2. The van der Waals surface area contributed by atoms with E-state index >= 15 is 0 Å². The number of benzene rings is 2. The number of carbonyl (C=O) groups is 1. The largest absolute Gasteiger partial charge is 0.481 e. The van der Waals surface area contributed by atoms with Crippen LogP contribution >= 0.6 is 35.0 Å². The maximum atomic E-state index is 12.4. The van der Waals surface area contributed by atoms with Crippen LogP contribution in [0.2, 0.25) is 10.0 Å². The van der Waals surface area contributed by atoms with Crippen LogP contribution < -0.4 is 10.1 Å². The second-order valence-corrected chi connectivity index (χ2v) is 8.82. The number of thioether (sulfide) groups is 1. The molecule has 0 bridgehead atoms. The van der Waals surface area contributed by atoms with Gasteiger partial charge >= 0.3 is 0 Å². The maximum absolute atomic E-state index is 12.4. The molecule has 1 aliphatic rings. The molecule has 3 rings (SSSR count). The van der Waals surface area contributed by atoms with Crippen molar-refractivity contribution in [1.29, 1.82) is 0 Å². The molecule has 3 nitrogen and oxygen atoms in total. The molecule has 1 amide bonds. The van der Waals surface area contributed by atoms with E-state index in [9.17, 15) is 4.79 Å². The zero-order valence-corrected chi connectivity index (χ0v) is 18.3. The molecule has 0 fully saturated rings. The molecule has 0 unspecified atom stereocenters. The zero-order chi connectivity index (χ0) is 19.9. The summed E-state index contributed by atoms with van der Waals surface area (Å²) in [6.07, 6.45) is 4.02. The molecule has 0 radical (unpaired) electrons. The maximum Gasteiger partial charge on any atom is 0.260 e. The van der Waals surface area contributed by atoms with Crippen molar-refractivity contribution in [3.05, 3.63) is 63.1 Å². The highest BCUT2D eigenvalue weighted by molar-refractivity contribution is 7.98. The van der Waals surface area contributed by atoms with Gasteiger partial charge in [-0.25, -0.2) is 0 Å². The minimum atomic E-state index is -0.517. The second kappa shape index (κ2) is 10.4. The molecule has 1 atom stereocenters. The summed E-state index contributed by atoms with van der Waals surface area (Å²) in [5, 5.41) is 4.30. The number of hydrogen-bond donors (Lipinski definition) is 1. The molecule has 0 spiro atoms. The van der Waals surface area contributed by atoms with Gasteiger partial charge in [-0.1, -0.05) is 41.4 Å². The van der Waals surface area contributed by atoms with Crippen LogP contribution in [0.1, 0.15) is 36.5 Å². The molecule has 0 aliphatic heterocycles. The average Bonchev–Trinajstić information content (AvgIpc) is 2.69. The third kappa shape index (κ3) is 5.59. The average molecular weight is 438 g/mol. The summed E-state index contributed by atoms with van der Waals surface area (Å²) in [5.41, 5.74) is 3.55. The Kier molecular flexibility index (Phi) is 7.95. The van der Waals surface area contributed by atoms with Gasteiger partial charge in [-0.15, -0.1) is 0 Å². The van der Waals surface area contributed by atoms with Crippen molar-refractivity contribution >= 4 is 40.9 Å². The standard InChI is InChI=1S/C22H25Cl2NO2S/c1-15(27-21-11-4-7-16-6-2-3-8-17(16)21)22(26)25-12-13-28-14-18-19(23)9-5-10-20(18)24/h4-5,7,9-11,15H,2-3,6,8,12-14H2,1H3,(H,25,26)/t15-/m0/s1.